The zero-order valence-electron chi connectivity index (χ0n) is 12.2. The van der Waals surface area contributed by atoms with Crippen molar-refractivity contribution >= 4 is 11.6 Å². The molecule has 1 rings (SSSR count). The Morgan fingerprint density at radius 3 is 2.95 bits per heavy atom. The van der Waals surface area contributed by atoms with Crippen molar-refractivity contribution in [3.63, 3.8) is 0 Å². The van der Waals surface area contributed by atoms with Crippen LogP contribution < -0.4 is 11.1 Å². The maximum atomic E-state index is 11.8. The van der Waals surface area contributed by atoms with E-state index in [1.165, 1.54) is 0 Å². The van der Waals surface area contributed by atoms with Crippen LogP contribution in [0.4, 0.5) is 5.69 Å². The molecule has 1 aromatic rings. The van der Waals surface area contributed by atoms with Gasteiger partial charge in [0.25, 0.3) is 0 Å². The van der Waals surface area contributed by atoms with Crippen molar-refractivity contribution in [1.82, 2.24) is 0 Å². The summed E-state index contributed by atoms with van der Waals surface area (Å²) in [5.74, 6) is -0.0119. The zero-order valence-corrected chi connectivity index (χ0v) is 12.2. The first kappa shape index (κ1) is 16.6. The quantitative estimate of drug-likeness (QED) is 0.678. The minimum Gasteiger partial charge on any atom is -0.382 e. The third-order valence-electron chi connectivity index (χ3n) is 2.80. The minimum atomic E-state index is -0.0119. The highest BCUT2D eigenvalue weighted by atomic mass is 16.5. The third-order valence-corrected chi connectivity index (χ3v) is 2.80. The van der Waals surface area contributed by atoms with Crippen molar-refractivity contribution in [2.24, 2.45) is 5.73 Å². The van der Waals surface area contributed by atoms with Crippen LogP contribution in [-0.2, 0) is 20.8 Å². The van der Waals surface area contributed by atoms with Gasteiger partial charge in [0.15, 0.2) is 0 Å². The number of benzene rings is 1. The van der Waals surface area contributed by atoms with Crippen LogP contribution in [0.2, 0.25) is 0 Å². The molecule has 5 heteroatoms. The molecule has 1 atom stereocenters. The van der Waals surface area contributed by atoms with E-state index in [1.54, 1.807) is 7.11 Å². The van der Waals surface area contributed by atoms with E-state index in [1.807, 2.05) is 31.2 Å². The fourth-order valence-electron chi connectivity index (χ4n) is 1.80. The SMILES string of the molecule is COCC(C)OCCCC(=O)Nc1cccc(CN)c1. The lowest BCUT2D eigenvalue weighted by Crippen LogP contribution is -2.17. The molecule has 0 radical (unpaired) electrons. The van der Waals surface area contributed by atoms with Crippen LogP contribution in [0.25, 0.3) is 0 Å². The second-order valence-corrected chi connectivity index (χ2v) is 4.69. The highest BCUT2D eigenvalue weighted by Gasteiger charge is 2.05. The summed E-state index contributed by atoms with van der Waals surface area (Å²) < 4.78 is 10.5. The predicted molar refractivity (Wildman–Crippen MR) is 79.5 cm³/mol. The molecule has 1 unspecified atom stereocenters. The summed E-state index contributed by atoms with van der Waals surface area (Å²) >= 11 is 0. The first-order chi connectivity index (χ1) is 9.65. The molecule has 112 valence electrons. The van der Waals surface area contributed by atoms with E-state index in [4.69, 9.17) is 15.2 Å². The fraction of sp³-hybridized carbons (Fsp3) is 0.533. The lowest BCUT2D eigenvalue weighted by atomic mass is 10.2. The van der Waals surface area contributed by atoms with Crippen molar-refractivity contribution in [3.05, 3.63) is 29.8 Å². The van der Waals surface area contributed by atoms with Crippen LogP contribution in [0.15, 0.2) is 24.3 Å². The second-order valence-electron chi connectivity index (χ2n) is 4.69. The Morgan fingerprint density at radius 2 is 2.25 bits per heavy atom. The smallest absolute Gasteiger partial charge is 0.224 e. The standard InChI is InChI=1S/C15H24N2O3/c1-12(11-19-2)20-8-4-7-15(18)17-14-6-3-5-13(9-14)10-16/h3,5-6,9,12H,4,7-8,10-11,16H2,1-2H3,(H,17,18). The first-order valence-electron chi connectivity index (χ1n) is 6.85. The number of carbonyl (C=O) groups excluding carboxylic acids is 1. The number of rotatable bonds is 9. The van der Waals surface area contributed by atoms with Crippen molar-refractivity contribution in [1.29, 1.82) is 0 Å². The predicted octanol–water partition coefficient (Wildman–Crippen LogP) is 1.92. The van der Waals surface area contributed by atoms with Gasteiger partial charge in [0.2, 0.25) is 5.91 Å². The molecule has 20 heavy (non-hydrogen) atoms. The van der Waals surface area contributed by atoms with Gasteiger partial charge in [-0.25, -0.2) is 0 Å². The number of amides is 1. The molecule has 0 aliphatic heterocycles. The summed E-state index contributed by atoms with van der Waals surface area (Å²) in [5.41, 5.74) is 7.34. The molecule has 0 fully saturated rings. The van der Waals surface area contributed by atoms with Crippen molar-refractivity contribution in [2.45, 2.75) is 32.4 Å². The number of hydrogen-bond donors (Lipinski definition) is 2. The highest BCUT2D eigenvalue weighted by molar-refractivity contribution is 5.90. The third kappa shape index (κ3) is 6.65. The molecule has 0 saturated carbocycles. The normalized spacial score (nSPS) is 12.2. The lowest BCUT2D eigenvalue weighted by Gasteiger charge is -2.11. The van der Waals surface area contributed by atoms with Gasteiger partial charge in [-0.05, 0) is 31.0 Å². The Labute approximate surface area is 120 Å². The average molecular weight is 280 g/mol. The minimum absolute atomic E-state index is 0.0119. The Hall–Kier alpha value is -1.43. The summed E-state index contributed by atoms with van der Waals surface area (Å²) in [6, 6.07) is 7.55. The van der Waals surface area contributed by atoms with Gasteiger partial charge < -0.3 is 20.5 Å². The molecular weight excluding hydrogens is 256 g/mol. The van der Waals surface area contributed by atoms with Gasteiger partial charge >= 0.3 is 0 Å². The maximum absolute atomic E-state index is 11.8. The first-order valence-corrected chi connectivity index (χ1v) is 6.85. The van der Waals surface area contributed by atoms with E-state index in [-0.39, 0.29) is 12.0 Å². The van der Waals surface area contributed by atoms with Gasteiger partial charge in [0.05, 0.1) is 12.7 Å². The van der Waals surface area contributed by atoms with E-state index in [0.29, 0.717) is 32.6 Å². The molecule has 1 amide bonds. The zero-order chi connectivity index (χ0) is 14.8. The Morgan fingerprint density at radius 1 is 1.45 bits per heavy atom. The summed E-state index contributed by atoms with van der Waals surface area (Å²) in [7, 11) is 1.64. The van der Waals surface area contributed by atoms with Gasteiger partial charge in [-0.15, -0.1) is 0 Å². The largest absolute Gasteiger partial charge is 0.382 e. The molecule has 0 saturated heterocycles. The number of ether oxygens (including phenoxy) is 2. The topological polar surface area (TPSA) is 73.6 Å². The van der Waals surface area contributed by atoms with Crippen LogP contribution in [-0.4, -0.2) is 32.3 Å². The Balaban J connectivity index is 2.23. The van der Waals surface area contributed by atoms with Crippen LogP contribution in [0.3, 0.4) is 0 Å². The molecule has 0 heterocycles. The van der Waals surface area contributed by atoms with E-state index in [2.05, 4.69) is 5.32 Å². The van der Waals surface area contributed by atoms with Crippen LogP contribution in [0, 0.1) is 0 Å². The number of nitrogens with one attached hydrogen (secondary N) is 1. The highest BCUT2D eigenvalue weighted by Crippen LogP contribution is 2.10. The summed E-state index contributed by atoms with van der Waals surface area (Å²) in [6.07, 6.45) is 1.19. The van der Waals surface area contributed by atoms with Crippen molar-refractivity contribution < 1.29 is 14.3 Å². The van der Waals surface area contributed by atoms with Gasteiger partial charge in [0.1, 0.15) is 0 Å². The Bertz CT molecular complexity index is 410. The number of methoxy groups -OCH3 is 1. The van der Waals surface area contributed by atoms with E-state index in [9.17, 15) is 4.79 Å². The maximum Gasteiger partial charge on any atom is 0.224 e. The van der Waals surface area contributed by atoms with Crippen LogP contribution in [0.1, 0.15) is 25.3 Å². The molecular formula is C15H24N2O3. The van der Waals surface area contributed by atoms with Crippen LogP contribution >= 0.6 is 0 Å². The molecule has 0 spiro atoms. The molecule has 0 bridgehead atoms. The lowest BCUT2D eigenvalue weighted by molar-refractivity contribution is -0.116. The van der Waals surface area contributed by atoms with Crippen molar-refractivity contribution in [3.8, 4) is 0 Å². The van der Waals surface area contributed by atoms with Crippen molar-refractivity contribution in [2.75, 3.05) is 25.6 Å². The number of carbonyl (C=O) groups is 1. The average Bonchev–Trinajstić information content (AvgIpc) is 2.44. The summed E-state index contributed by atoms with van der Waals surface area (Å²) in [6.45, 7) is 3.54. The monoisotopic (exact) mass is 280 g/mol. The molecule has 5 nitrogen and oxygen atoms in total. The van der Waals surface area contributed by atoms with Gasteiger partial charge in [-0.2, -0.15) is 0 Å². The van der Waals surface area contributed by atoms with E-state index >= 15 is 0 Å². The van der Waals surface area contributed by atoms with E-state index < -0.39 is 0 Å². The molecule has 3 N–H and O–H groups in total. The second kappa shape index (κ2) is 9.47. The summed E-state index contributed by atoms with van der Waals surface area (Å²) in [4.78, 5) is 11.8. The van der Waals surface area contributed by atoms with Gasteiger partial charge in [-0.1, -0.05) is 12.1 Å². The molecule has 1 aromatic carbocycles. The van der Waals surface area contributed by atoms with Crippen LogP contribution in [0.5, 0.6) is 0 Å². The number of nitrogens with two attached hydrogens (primary N) is 1. The summed E-state index contributed by atoms with van der Waals surface area (Å²) in [5, 5.41) is 2.86. The number of hydrogen-bond acceptors (Lipinski definition) is 4. The van der Waals surface area contributed by atoms with Gasteiger partial charge in [-0.3, -0.25) is 4.79 Å². The number of anilines is 1. The van der Waals surface area contributed by atoms with Gasteiger partial charge in [0, 0.05) is 32.4 Å². The molecule has 0 aliphatic carbocycles. The fourth-order valence-corrected chi connectivity index (χ4v) is 1.80. The van der Waals surface area contributed by atoms with E-state index in [0.717, 1.165) is 11.3 Å². The molecule has 0 aliphatic rings. The Kier molecular flexibility index (Phi) is 7.87. The molecule has 0 aromatic heterocycles.